The van der Waals surface area contributed by atoms with E-state index in [2.05, 4.69) is 35.2 Å². The number of fused-ring (bicyclic) bond motifs is 2. The molecule has 5 nitrogen and oxygen atoms in total. The first-order valence-corrected chi connectivity index (χ1v) is 8.92. The third-order valence-electron chi connectivity index (χ3n) is 4.54. The van der Waals surface area contributed by atoms with Crippen LogP contribution in [0.1, 0.15) is 35.7 Å². The summed E-state index contributed by atoms with van der Waals surface area (Å²) in [7, 11) is 0. The van der Waals surface area contributed by atoms with Crippen LogP contribution in [0.3, 0.4) is 0 Å². The number of para-hydroxylation sites is 1. The minimum atomic E-state index is -0.144. The Labute approximate surface area is 152 Å². The molecule has 3 aromatic heterocycles. The molecule has 2 N–H and O–H groups in total. The van der Waals surface area contributed by atoms with Crippen molar-refractivity contribution < 1.29 is 4.79 Å². The van der Waals surface area contributed by atoms with Crippen LogP contribution in [0.25, 0.3) is 16.4 Å². The van der Waals surface area contributed by atoms with Crippen LogP contribution >= 0.6 is 0 Å². The normalized spacial score (nSPS) is 11.5. The van der Waals surface area contributed by atoms with Crippen molar-refractivity contribution in [2.45, 2.75) is 26.8 Å². The fraction of sp³-hybridized carbons (Fsp3) is 0.238. The fourth-order valence-electron chi connectivity index (χ4n) is 3.31. The van der Waals surface area contributed by atoms with Gasteiger partial charge in [-0.15, -0.1) is 0 Å². The average Bonchev–Trinajstić information content (AvgIpc) is 3.21. The molecular formula is C21H22N4O. The summed E-state index contributed by atoms with van der Waals surface area (Å²) in [5.41, 5.74) is 3.48. The van der Waals surface area contributed by atoms with Crippen molar-refractivity contribution in [3.63, 3.8) is 0 Å². The van der Waals surface area contributed by atoms with Gasteiger partial charge in [0.25, 0.3) is 5.91 Å². The van der Waals surface area contributed by atoms with Gasteiger partial charge in [0.2, 0.25) is 0 Å². The van der Waals surface area contributed by atoms with Gasteiger partial charge >= 0.3 is 0 Å². The van der Waals surface area contributed by atoms with Crippen molar-refractivity contribution in [2.24, 2.45) is 5.92 Å². The Morgan fingerprint density at radius 2 is 2.00 bits per heavy atom. The maximum Gasteiger partial charge on any atom is 0.272 e. The van der Waals surface area contributed by atoms with Crippen LogP contribution in [0.4, 0.5) is 0 Å². The number of carbonyl (C=O) groups is 1. The smallest absolute Gasteiger partial charge is 0.272 e. The zero-order valence-corrected chi connectivity index (χ0v) is 15.0. The van der Waals surface area contributed by atoms with Gasteiger partial charge in [-0.3, -0.25) is 4.79 Å². The Kier molecular flexibility index (Phi) is 4.21. The second-order valence-electron chi connectivity index (χ2n) is 6.97. The van der Waals surface area contributed by atoms with E-state index >= 15 is 0 Å². The average molecular weight is 346 g/mol. The van der Waals surface area contributed by atoms with Crippen LogP contribution in [0, 0.1) is 5.92 Å². The highest BCUT2D eigenvalue weighted by Crippen LogP contribution is 2.19. The predicted molar refractivity (Wildman–Crippen MR) is 103 cm³/mol. The van der Waals surface area contributed by atoms with Gasteiger partial charge in [0.1, 0.15) is 5.82 Å². The Morgan fingerprint density at radius 3 is 2.85 bits per heavy atom. The van der Waals surface area contributed by atoms with Gasteiger partial charge in [0, 0.05) is 36.3 Å². The van der Waals surface area contributed by atoms with Crippen LogP contribution in [-0.2, 0) is 13.0 Å². The summed E-state index contributed by atoms with van der Waals surface area (Å²) in [6.07, 6.45) is 4.75. The lowest BCUT2D eigenvalue weighted by atomic mass is 10.1. The number of amides is 1. The van der Waals surface area contributed by atoms with E-state index in [9.17, 15) is 4.79 Å². The largest absolute Gasteiger partial charge is 0.361 e. The van der Waals surface area contributed by atoms with Crippen LogP contribution in [0.15, 0.2) is 54.9 Å². The summed E-state index contributed by atoms with van der Waals surface area (Å²) in [6, 6.07) is 13.9. The van der Waals surface area contributed by atoms with Gasteiger partial charge in [-0.2, -0.15) is 0 Å². The molecule has 0 aliphatic carbocycles. The predicted octanol–water partition coefficient (Wildman–Crippen LogP) is 3.94. The highest BCUT2D eigenvalue weighted by molar-refractivity contribution is 5.99. The molecule has 1 amide bonds. The minimum absolute atomic E-state index is 0.144. The summed E-state index contributed by atoms with van der Waals surface area (Å²) in [5, 5.41) is 4.15. The highest BCUT2D eigenvalue weighted by atomic mass is 16.1. The number of aromatic amines is 1. The zero-order chi connectivity index (χ0) is 18.1. The van der Waals surface area contributed by atoms with Crippen molar-refractivity contribution >= 4 is 22.3 Å². The monoisotopic (exact) mass is 346 g/mol. The molecule has 0 saturated heterocycles. The van der Waals surface area contributed by atoms with E-state index < -0.39 is 0 Å². The summed E-state index contributed by atoms with van der Waals surface area (Å²) in [5.74, 6) is 1.25. The molecule has 4 aromatic rings. The molecule has 0 saturated carbocycles. The molecule has 5 heteroatoms. The number of benzene rings is 1. The van der Waals surface area contributed by atoms with Crippen LogP contribution in [0.2, 0.25) is 0 Å². The molecule has 132 valence electrons. The molecule has 0 radical (unpaired) electrons. The fourth-order valence-corrected chi connectivity index (χ4v) is 3.31. The third kappa shape index (κ3) is 2.96. The van der Waals surface area contributed by atoms with E-state index in [-0.39, 0.29) is 5.91 Å². The molecule has 0 bridgehead atoms. The van der Waals surface area contributed by atoms with Crippen molar-refractivity contribution in [1.82, 2.24) is 19.7 Å². The van der Waals surface area contributed by atoms with Crippen molar-refractivity contribution in [3.05, 3.63) is 71.9 Å². The topological polar surface area (TPSA) is 62.2 Å². The standard InChI is InChI=1S/C21H22N4O/c1-14(2)11-19-24-20(18-9-5-6-10-25(18)19)21(26)23-13-15-12-22-17-8-4-3-7-16(15)17/h3-10,12,14,22H,11,13H2,1-2H3,(H,23,26). The first-order valence-electron chi connectivity index (χ1n) is 8.92. The van der Waals surface area contributed by atoms with E-state index in [1.54, 1.807) is 0 Å². The summed E-state index contributed by atoms with van der Waals surface area (Å²) in [4.78, 5) is 20.7. The number of nitrogens with zero attached hydrogens (tertiary/aromatic N) is 2. The SMILES string of the molecule is CC(C)Cc1nc(C(=O)NCc2c[nH]c3ccccc23)c2ccccn12. The molecule has 4 rings (SSSR count). The number of H-pyrrole nitrogens is 1. The van der Waals surface area contributed by atoms with E-state index in [1.807, 2.05) is 53.2 Å². The van der Waals surface area contributed by atoms with E-state index in [0.29, 0.717) is 18.2 Å². The third-order valence-corrected chi connectivity index (χ3v) is 4.54. The van der Waals surface area contributed by atoms with Gasteiger partial charge in [-0.1, -0.05) is 38.1 Å². The second kappa shape index (κ2) is 6.67. The van der Waals surface area contributed by atoms with Gasteiger partial charge in [-0.05, 0) is 29.7 Å². The van der Waals surface area contributed by atoms with Crippen molar-refractivity contribution in [1.29, 1.82) is 0 Å². The summed E-state index contributed by atoms with van der Waals surface area (Å²) < 4.78 is 2.01. The number of hydrogen-bond acceptors (Lipinski definition) is 2. The second-order valence-corrected chi connectivity index (χ2v) is 6.97. The van der Waals surface area contributed by atoms with Crippen LogP contribution in [0.5, 0.6) is 0 Å². The number of imidazole rings is 1. The maximum absolute atomic E-state index is 12.8. The van der Waals surface area contributed by atoms with Crippen LogP contribution < -0.4 is 5.32 Å². The molecule has 26 heavy (non-hydrogen) atoms. The number of nitrogens with one attached hydrogen (secondary N) is 2. The lowest BCUT2D eigenvalue weighted by Crippen LogP contribution is -2.23. The first kappa shape index (κ1) is 16.4. The molecule has 0 aliphatic rings. The summed E-state index contributed by atoms with van der Waals surface area (Å²) >= 11 is 0. The Bertz CT molecular complexity index is 1070. The number of hydrogen-bond donors (Lipinski definition) is 2. The lowest BCUT2D eigenvalue weighted by Gasteiger charge is -2.03. The van der Waals surface area contributed by atoms with E-state index in [1.165, 1.54) is 0 Å². The van der Waals surface area contributed by atoms with Crippen molar-refractivity contribution in [2.75, 3.05) is 0 Å². The van der Waals surface area contributed by atoms with Crippen molar-refractivity contribution in [3.8, 4) is 0 Å². The van der Waals surface area contributed by atoms with Gasteiger partial charge in [0.05, 0.1) is 5.52 Å². The Morgan fingerprint density at radius 1 is 1.19 bits per heavy atom. The lowest BCUT2D eigenvalue weighted by molar-refractivity contribution is 0.0948. The first-order chi connectivity index (χ1) is 12.6. The zero-order valence-electron chi connectivity index (χ0n) is 15.0. The van der Waals surface area contributed by atoms with Gasteiger partial charge in [0.15, 0.2) is 5.69 Å². The van der Waals surface area contributed by atoms with E-state index in [0.717, 1.165) is 34.2 Å². The number of aromatic nitrogens is 3. The maximum atomic E-state index is 12.8. The molecular weight excluding hydrogens is 324 g/mol. The molecule has 0 aliphatic heterocycles. The molecule has 3 heterocycles. The van der Waals surface area contributed by atoms with E-state index in [4.69, 9.17) is 0 Å². The number of carbonyl (C=O) groups excluding carboxylic acids is 1. The number of rotatable bonds is 5. The molecule has 1 aromatic carbocycles. The van der Waals surface area contributed by atoms with Crippen LogP contribution in [-0.4, -0.2) is 20.3 Å². The summed E-state index contributed by atoms with van der Waals surface area (Å²) in [6.45, 7) is 4.77. The highest BCUT2D eigenvalue weighted by Gasteiger charge is 2.18. The molecule has 0 unspecified atom stereocenters. The number of pyridine rings is 1. The van der Waals surface area contributed by atoms with Gasteiger partial charge in [-0.25, -0.2) is 4.98 Å². The molecule has 0 atom stereocenters. The Hall–Kier alpha value is -3.08. The van der Waals surface area contributed by atoms with Gasteiger partial charge < -0.3 is 14.7 Å². The molecule has 0 spiro atoms. The quantitative estimate of drug-likeness (QED) is 0.575. The minimum Gasteiger partial charge on any atom is -0.361 e. The molecule has 0 fully saturated rings. The Balaban J connectivity index is 1.60.